The zero-order valence-corrected chi connectivity index (χ0v) is 13.7. The molecule has 5 heteroatoms. The zero-order chi connectivity index (χ0) is 15.6. The number of imidazole rings is 1. The van der Waals surface area contributed by atoms with Crippen LogP contribution in [0.4, 0.5) is 5.69 Å². The van der Waals surface area contributed by atoms with Crippen LogP contribution in [0.5, 0.6) is 0 Å². The Labute approximate surface area is 139 Å². The van der Waals surface area contributed by atoms with E-state index in [9.17, 15) is 4.79 Å². The normalized spacial score (nSPS) is 15.8. The van der Waals surface area contributed by atoms with E-state index in [-0.39, 0.29) is 11.8 Å². The Morgan fingerprint density at radius 2 is 2.04 bits per heavy atom. The Balaban J connectivity index is 1.61. The summed E-state index contributed by atoms with van der Waals surface area (Å²) in [6.07, 6.45) is 9.61. The van der Waals surface area contributed by atoms with E-state index in [1.54, 1.807) is 11.3 Å². The van der Waals surface area contributed by atoms with Gasteiger partial charge in [-0.05, 0) is 18.9 Å². The van der Waals surface area contributed by atoms with Crippen molar-refractivity contribution in [1.82, 2.24) is 9.38 Å². The number of hydrogen-bond acceptors (Lipinski definition) is 3. The number of aromatic nitrogens is 2. The molecule has 1 N–H and O–H groups in total. The molecule has 0 atom stereocenters. The van der Waals surface area contributed by atoms with E-state index >= 15 is 0 Å². The Kier molecular flexibility index (Phi) is 3.87. The molecule has 1 amide bonds. The predicted octanol–water partition coefficient (Wildman–Crippen LogP) is 4.58. The molecule has 1 aromatic carbocycles. The molecule has 118 valence electrons. The fraction of sp³-hybridized carbons (Fsp3) is 0.333. The fourth-order valence-corrected chi connectivity index (χ4v) is 3.97. The summed E-state index contributed by atoms with van der Waals surface area (Å²) in [5.74, 6) is 0.306. The highest BCUT2D eigenvalue weighted by molar-refractivity contribution is 7.15. The second kappa shape index (κ2) is 6.16. The highest BCUT2D eigenvalue weighted by Crippen LogP contribution is 2.30. The van der Waals surface area contributed by atoms with Gasteiger partial charge in [-0.25, -0.2) is 4.98 Å². The summed E-state index contributed by atoms with van der Waals surface area (Å²) in [6, 6.07) is 7.92. The van der Waals surface area contributed by atoms with Crippen molar-refractivity contribution in [3.63, 3.8) is 0 Å². The lowest BCUT2D eigenvalue weighted by molar-refractivity contribution is -0.120. The molecule has 1 aliphatic rings. The summed E-state index contributed by atoms with van der Waals surface area (Å²) in [5, 5.41) is 5.15. The van der Waals surface area contributed by atoms with Gasteiger partial charge in [-0.1, -0.05) is 37.5 Å². The predicted molar refractivity (Wildman–Crippen MR) is 93.7 cm³/mol. The average Bonchev–Trinajstić information content (AvgIpc) is 3.18. The molecule has 1 aliphatic carbocycles. The number of benzene rings is 1. The van der Waals surface area contributed by atoms with Gasteiger partial charge in [0.15, 0.2) is 4.96 Å². The summed E-state index contributed by atoms with van der Waals surface area (Å²) < 4.78 is 2.01. The molecule has 2 heterocycles. The lowest BCUT2D eigenvalue weighted by atomic mass is 9.88. The maximum atomic E-state index is 12.5. The van der Waals surface area contributed by atoms with E-state index in [0.717, 1.165) is 47.6 Å². The number of carbonyl (C=O) groups excluding carboxylic acids is 1. The molecule has 0 bridgehead atoms. The molecule has 4 nitrogen and oxygen atoms in total. The van der Waals surface area contributed by atoms with E-state index in [2.05, 4.69) is 10.3 Å². The number of para-hydroxylation sites is 1. The number of amides is 1. The Bertz CT molecular complexity index is 801. The summed E-state index contributed by atoms with van der Waals surface area (Å²) in [7, 11) is 0. The lowest BCUT2D eigenvalue weighted by Crippen LogP contribution is -2.24. The van der Waals surface area contributed by atoms with Gasteiger partial charge in [-0.2, -0.15) is 0 Å². The van der Waals surface area contributed by atoms with Crippen LogP contribution in [0.3, 0.4) is 0 Å². The van der Waals surface area contributed by atoms with Gasteiger partial charge in [0.05, 0.1) is 11.4 Å². The number of nitrogens with one attached hydrogen (secondary N) is 1. The first-order chi connectivity index (χ1) is 11.3. The number of anilines is 1. The van der Waals surface area contributed by atoms with Crippen LogP contribution in [0, 0.1) is 5.92 Å². The Hall–Kier alpha value is -2.14. The average molecular weight is 325 g/mol. The molecule has 1 saturated carbocycles. The van der Waals surface area contributed by atoms with Crippen LogP contribution in [0.25, 0.3) is 16.2 Å². The lowest BCUT2D eigenvalue weighted by Gasteiger charge is -2.21. The van der Waals surface area contributed by atoms with Gasteiger partial charge < -0.3 is 5.32 Å². The van der Waals surface area contributed by atoms with Crippen LogP contribution in [0.1, 0.15) is 32.1 Å². The van der Waals surface area contributed by atoms with Crippen molar-refractivity contribution in [2.75, 3.05) is 5.32 Å². The molecule has 23 heavy (non-hydrogen) atoms. The number of nitrogens with zero attached hydrogens (tertiary/aromatic N) is 2. The highest BCUT2D eigenvalue weighted by atomic mass is 32.1. The molecule has 0 unspecified atom stereocenters. The number of carbonyl (C=O) groups is 1. The molecule has 3 aromatic rings. The van der Waals surface area contributed by atoms with E-state index in [1.807, 2.05) is 46.4 Å². The third-order valence-corrected chi connectivity index (χ3v) is 5.30. The van der Waals surface area contributed by atoms with Crippen molar-refractivity contribution < 1.29 is 4.79 Å². The standard InChI is InChI=1S/C18H19N3OS/c22-17(13-6-2-1-3-7-13)19-15-9-5-4-8-14(15)16-12-21-10-11-23-18(21)20-16/h4-5,8-13H,1-3,6-7H2,(H,19,22). The molecule has 0 spiro atoms. The molecular formula is C18H19N3OS. The van der Waals surface area contributed by atoms with Crippen molar-refractivity contribution in [1.29, 1.82) is 0 Å². The van der Waals surface area contributed by atoms with Gasteiger partial charge in [0.1, 0.15) is 0 Å². The zero-order valence-electron chi connectivity index (χ0n) is 12.9. The number of thiazole rings is 1. The number of hydrogen-bond donors (Lipinski definition) is 1. The van der Waals surface area contributed by atoms with E-state index in [1.165, 1.54) is 6.42 Å². The molecule has 4 rings (SSSR count). The second-order valence-corrected chi connectivity index (χ2v) is 6.96. The van der Waals surface area contributed by atoms with Crippen LogP contribution in [-0.2, 0) is 4.79 Å². The van der Waals surface area contributed by atoms with Gasteiger partial charge >= 0.3 is 0 Å². The SMILES string of the molecule is O=C(Nc1ccccc1-c1cn2ccsc2n1)C1CCCCC1. The third kappa shape index (κ3) is 2.88. The molecule has 0 radical (unpaired) electrons. The maximum Gasteiger partial charge on any atom is 0.227 e. The van der Waals surface area contributed by atoms with Gasteiger partial charge in [-0.3, -0.25) is 9.20 Å². The van der Waals surface area contributed by atoms with Gasteiger partial charge in [-0.15, -0.1) is 11.3 Å². The van der Waals surface area contributed by atoms with Crippen LogP contribution in [0.15, 0.2) is 42.0 Å². The minimum Gasteiger partial charge on any atom is -0.325 e. The highest BCUT2D eigenvalue weighted by Gasteiger charge is 2.22. The minimum absolute atomic E-state index is 0.151. The van der Waals surface area contributed by atoms with Crippen LogP contribution < -0.4 is 5.32 Å². The van der Waals surface area contributed by atoms with E-state index < -0.39 is 0 Å². The van der Waals surface area contributed by atoms with Gasteiger partial charge in [0.25, 0.3) is 0 Å². The summed E-state index contributed by atoms with van der Waals surface area (Å²) in [5.41, 5.74) is 2.73. The molecule has 0 aliphatic heterocycles. The maximum absolute atomic E-state index is 12.5. The third-order valence-electron chi connectivity index (χ3n) is 4.53. The minimum atomic E-state index is 0.151. The summed E-state index contributed by atoms with van der Waals surface area (Å²) in [6.45, 7) is 0. The second-order valence-electron chi connectivity index (χ2n) is 6.09. The van der Waals surface area contributed by atoms with Crippen molar-refractivity contribution in [3.05, 3.63) is 42.0 Å². The van der Waals surface area contributed by atoms with Crippen molar-refractivity contribution in [2.24, 2.45) is 5.92 Å². The molecule has 2 aromatic heterocycles. The molecule has 0 saturated heterocycles. The first-order valence-corrected chi connectivity index (χ1v) is 9.02. The van der Waals surface area contributed by atoms with Crippen LogP contribution in [0.2, 0.25) is 0 Å². The smallest absolute Gasteiger partial charge is 0.227 e. The van der Waals surface area contributed by atoms with Crippen molar-refractivity contribution in [2.45, 2.75) is 32.1 Å². The summed E-state index contributed by atoms with van der Waals surface area (Å²) >= 11 is 1.61. The fourth-order valence-electron chi connectivity index (χ4n) is 3.27. The number of rotatable bonds is 3. The monoisotopic (exact) mass is 325 g/mol. The quantitative estimate of drug-likeness (QED) is 0.766. The Morgan fingerprint density at radius 3 is 2.87 bits per heavy atom. The molecular weight excluding hydrogens is 306 g/mol. The van der Waals surface area contributed by atoms with E-state index in [4.69, 9.17) is 0 Å². The van der Waals surface area contributed by atoms with Crippen molar-refractivity contribution >= 4 is 27.9 Å². The molecule has 1 fully saturated rings. The van der Waals surface area contributed by atoms with Gasteiger partial charge in [0.2, 0.25) is 5.91 Å². The van der Waals surface area contributed by atoms with E-state index in [0.29, 0.717) is 0 Å². The number of fused-ring (bicyclic) bond motifs is 1. The van der Waals surface area contributed by atoms with Crippen molar-refractivity contribution in [3.8, 4) is 11.3 Å². The first-order valence-electron chi connectivity index (χ1n) is 8.14. The van der Waals surface area contributed by atoms with Gasteiger partial charge in [0, 0.05) is 29.3 Å². The van der Waals surface area contributed by atoms with Crippen LogP contribution >= 0.6 is 11.3 Å². The topological polar surface area (TPSA) is 46.4 Å². The van der Waals surface area contributed by atoms with Crippen LogP contribution in [-0.4, -0.2) is 15.3 Å². The first kappa shape index (κ1) is 14.5. The Morgan fingerprint density at radius 1 is 1.22 bits per heavy atom. The largest absolute Gasteiger partial charge is 0.325 e. The summed E-state index contributed by atoms with van der Waals surface area (Å²) in [4.78, 5) is 18.2.